The number of nitrogens with zero attached hydrogens (tertiary/aromatic N) is 4. The number of nitrogens with one attached hydrogen (secondary N) is 1. The van der Waals surface area contributed by atoms with E-state index in [0.29, 0.717) is 0 Å². The molecule has 1 aliphatic rings. The molecule has 0 amide bonds. The fourth-order valence-corrected chi connectivity index (χ4v) is 2.92. The molecule has 3 rings (SSSR count). The molecule has 0 aliphatic heterocycles. The molecule has 0 atom stereocenters. The van der Waals surface area contributed by atoms with Crippen molar-refractivity contribution in [2.24, 2.45) is 5.92 Å². The van der Waals surface area contributed by atoms with Gasteiger partial charge in [0.15, 0.2) is 0 Å². The van der Waals surface area contributed by atoms with E-state index in [-0.39, 0.29) is 0 Å². The Bertz CT molecular complexity index is 515. The van der Waals surface area contributed by atoms with E-state index in [4.69, 9.17) is 0 Å². The minimum atomic E-state index is 0.791. The topological polar surface area (TPSA) is 55.6 Å². The molecule has 1 N–H and O–H groups in total. The molecule has 1 aromatic carbocycles. The zero-order valence-electron chi connectivity index (χ0n) is 11.7. The van der Waals surface area contributed by atoms with Gasteiger partial charge < -0.3 is 5.32 Å². The van der Waals surface area contributed by atoms with Crippen LogP contribution >= 0.6 is 0 Å². The zero-order valence-corrected chi connectivity index (χ0v) is 11.7. The van der Waals surface area contributed by atoms with Gasteiger partial charge in [0.2, 0.25) is 0 Å². The molecule has 0 unspecified atom stereocenters. The van der Waals surface area contributed by atoms with Crippen LogP contribution < -0.4 is 5.32 Å². The van der Waals surface area contributed by atoms with Crippen molar-refractivity contribution < 1.29 is 0 Å². The number of aromatic nitrogens is 4. The highest BCUT2D eigenvalue weighted by Crippen LogP contribution is 2.24. The summed E-state index contributed by atoms with van der Waals surface area (Å²) in [6.45, 7) is 1.04. The third-order valence-corrected chi connectivity index (χ3v) is 4.06. The molecule has 2 aromatic rings. The van der Waals surface area contributed by atoms with Crippen molar-refractivity contribution in [1.82, 2.24) is 20.2 Å². The van der Waals surface area contributed by atoms with E-state index < -0.39 is 0 Å². The highest BCUT2D eigenvalue weighted by molar-refractivity contribution is 5.60. The van der Waals surface area contributed by atoms with Gasteiger partial charge in [-0.1, -0.05) is 37.8 Å². The molecule has 106 valence electrons. The van der Waals surface area contributed by atoms with Gasteiger partial charge in [-0.25, -0.2) is 0 Å². The van der Waals surface area contributed by atoms with Crippen molar-refractivity contribution in [3.05, 3.63) is 30.6 Å². The Hall–Kier alpha value is -1.91. The normalized spacial score (nSPS) is 16.8. The van der Waals surface area contributed by atoms with Gasteiger partial charge in [0.1, 0.15) is 6.33 Å². The molecule has 0 saturated heterocycles. The van der Waals surface area contributed by atoms with Crippen LogP contribution in [-0.2, 0) is 0 Å². The lowest BCUT2D eigenvalue weighted by atomic mass is 10.0. The van der Waals surface area contributed by atoms with Crippen LogP contribution in [0.25, 0.3) is 5.69 Å². The van der Waals surface area contributed by atoms with Crippen molar-refractivity contribution >= 4 is 5.69 Å². The average molecular weight is 271 g/mol. The quantitative estimate of drug-likeness (QED) is 0.868. The highest BCUT2D eigenvalue weighted by Gasteiger charge is 2.13. The third kappa shape index (κ3) is 3.15. The van der Waals surface area contributed by atoms with Crippen molar-refractivity contribution in [2.45, 2.75) is 38.5 Å². The molecule has 1 fully saturated rings. The molecule has 1 heterocycles. The van der Waals surface area contributed by atoms with Gasteiger partial charge in [-0.05, 0) is 41.3 Å². The van der Waals surface area contributed by atoms with Crippen LogP contribution in [0.4, 0.5) is 5.69 Å². The summed E-state index contributed by atoms with van der Waals surface area (Å²) in [5, 5.41) is 15.0. The Morgan fingerprint density at radius 3 is 2.65 bits per heavy atom. The van der Waals surface area contributed by atoms with Crippen LogP contribution in [0.3, 0.4) is 0 Å². The first-order chi connectivity index (χ1) is 9.93. The van der Waals surface area contributed by atoms with Crippen LogP contribution in [0.1, 0.15) is 38.5 Å². The number of anilines is 1. The van der Waals surface area contributed by atoms with E-state index in [0.717, 1.165) is 23.8 Å². The van der Waals surface area contributed by atoms with Crippen LogP contribution in [0.15, 0.2) is 30.6 Å². The second-order valence-corrected chi connectivity index (χ2v) is 5.51. The minimum Gasteiger partial charge on any atom is -0.383 e. The monoisotopic (exact) mass is 271 g/mol. The first-order valence-corrected chi connectivity index (χ1v) is 7.50. The molecule has 5 nitrogen and oxygen atoms in total. The lowest BCUT2D eigenvalue weighted by Gasteiger charge is -2.17. The van der Waals surface area contributed by atoms with Crippen LogP contribution in [0.2, 0.25) is 0 Å². The fourth-order valence-electron chi connectivity index (χ4n) is 2.92. The Morgan fingerprint density at radius 1 is 1.10 bits per heavy atom. The molecule has 0 bridgehead atoms. The van der Waals surface area contributed by atoms with Gasteiger partial charge in [0, 0.05) is 6.54 Å². The van der Waals surface area contributed by atoms with Gasteiger partial charge in [0.25, 0.3) is 0 Å². The largest absolute Gasteiger partial charge is 0.383 e. The van der Waals surface area contributed by atoms with Gasteiger partial charge in [-0.15, -0.1) is 5.10 Å². The third-order valence-electron chi connectivity index (χ3n) is 4.06. The fraction of sp³-hybridized carbons (Fsp3) is 0.533. The van der Waals surface area contributed by atoms with Gasteiger partial charge in [-0.2, -0.15) is 4.68 Å². The van der Waals surface area contributed by atoms with Crippen LogP contribution in [0, 0.1) is 5.92 Å². The predicted octanol–water partition coefficient (Wildman–Crippen LogP) is 3.04. The number of rotatable bonds is 4. The molecule has 0 spiro atoms. The lowest BCUT2D eigenvalue weighted by Crippen LogP contribution is -2.15. The second-order valence-electron chi connectivity index (χ2n) is 5.51. The second kappa shape index (κ2) is 6.50. The average Bonchev–Trinajstić information content (AvgIpc) is 2.89. The van der Waals surface area contributed by atoms with E-state index in [2.05, 4.69) is 26.9 Å². The maximum atomic E-state index is 3.97. The van der Waals surface area contributed by atoms with E-state index in [1.807, 2.05) is 18.2 Å². The molecule has 0 radical (unpaired) electrons. The number of benzene rings is 1. The summed E-state index contributed by atoms with van der Waals surface area (Å²) < 4.78 is 1.70. The van der Waals surface area contributed by atoms with E-state index in [9.17, 15) is 0 Å². The Balaban J connectivity index is 1.68. The molecule has 5 heteroatoms. The number of hydrogen-bond donors (Lipinski definition) is 1. The summed E-state index contributed by atoms with van der Waals surface area (Å²) in [7, 11) is 0. The van der Waals surface area contributed by atoms with Crippen LogP contribution in [0.5, 0.6) is 0 Å². The first-order valence-electron chi connectivity index (χ1n) is 7.50. The van der Waals surface area contributed by atoms with Crippen molar-refractivity contribution in [2.75, 3.05) is 11.9 Å². The summed E-state index contributed by atoms with van der Waals surface area (Å²) in [6, 6.07) is 8.18. The van der Waals surface area contributed by atoms with Crippen molar-refractivity contribution in [1.29, 1.82) is 0 Å². The summed E-state index contributed by atoms with van der Waals surface area (Å²) in [4.78, 5) is 0. The lowest BCUT2D eigenvalue weighted by molar-refractivity contribution is 0.483. The minimum absolute atomic E-state index is 0.791. The standard InChI is InChI=1S/C15H21N5/c1-2-4-8-13(7-3-1)11-16-14-9-5-6-10-15(14)20-12-17-18-19-20/h5-6,9-10,12-13,16H,1-4,7-8,11H2. The zero-order chi connectivity index (χ0) is 13.6. The van der Waals surface area contributed by atoms with E-state index in [1.165, 1.54) is 38.5 Å². The number of para-hydroxylation sites is 2. The molecular formula is C15H21N5. The Morgan fingerprint density at radius 2 is 1.90 bits per heavy atom. The summed E-state index contributed by atoms with van der Waals surface area (Å²) >= 11 is 0. The molecule has 1 aliphatic carbocycles. The van der Waals surface area contributed by atoms with Crippen molar-refractivity contribution in [3.63, 3.8) is 0 Å². The molecule has 1 aromatic heterocycles. The summed E-state index contributed by atoms with van der Waals surface area (Å²) in [6.07, 6.45) is 9.88. The summed E-state index contributed by atoms with van der Waals surface area (Å²) in [5.74, 6) is 0.791. The molecule has 1 saturated carbocycles. The predicted molar refractivity (Wildman–Crippen MR) is 78.8 cm³/mol. The number of hydrogen-bond acceptors (Lipinski definition) is 4. The van der Waals surface area contributed by atoms with Gasteiger partial charge in [-0.3, -0.25) is 0 Å². The maximum Gasteiger partial charge on any atom is 0.143 e. The number of tetrazole rings is 1. The summed E-state index contributed by atoms with van der Waals surface area (Å²) in [5.41, 5.74) is 2.11. The van der Waals surface area contributed by atoms with Gasteiger partial charge >= 0.3 is 0 Å². The van der Waals surface area contributed by atoms with E-state index in [1.54, 1.807) is 11.0 Å². The molecular weight excluding hydrogens is 250 g/mol. The highest BCUT2D eigenvalue weighted by atomic mass is 15.5. The SMILES string of the molecule is c1ccc(-n2cnnn2)c(NCC2CCCCCC2)c1. The Kier molecular flexibility index (Phi) is 4.25. The van der Waals surface area contributed by atoms with Gasteiger partial charge in [0.05, 0.1) is 11.4 Å². The van der Waals surface area contributed by atoms with Crippen molar-refractivity contribution in [3.8, 4) is 5.69 Å². The maximum absolute atomic E-state index is 3.97. The molecule has 20 heavy (non-hydrogen) atoms. The first kappa shape index (κ1) is 13.1. The van der Waals surface area contributed by atoms with Crippen LogP contribution in [-0.4, -0.2) is 26.8 Å². The smallest absolute Gasteiger partial charge is 0.143 e. The van der Waals surface area contributed by atoms with E-state index >= 15 is 0 Å². The Labute approximate surface area is 119 Å².